The molecule has 2 fully saturated rings. The molecule has 2 saturated heterocycles. The van der Waals surface area contributed by atoms with Gasteiger partial charge in [0, 0.05) is 56.7 Å². The second kappa shape index (κ2) is 24.7. The number of carbonyl (C=O) groups excluding carboxylic acids is 3. The predicted molar refractivity (Wildman–Crippen MR) is 244 cm³/mol. The van der Waals surface area contributed by atoms with E-state index in [1.54, 1.807) is 39.8 Å². The van der Waals surface area contributed by atoms with Crippen molar-refractivity contribution in [2.45, 2.75) is 129 Å². The van der Waals surface area contributed by atoms with Gasteiger partial charge in [-0.05, 0) is 48.0 Å². The Balaban J connectivity index is 0.000000293. The molecule has 0 aromatic heterocycles. The molecule has 2 unspecified atom stereocenters. The first-order valence-electron chi connectivity index (χ1n) is 22.0. The second-order valence-electron chi connectivity index (χ2n) is 17.4. The molecular weight excluding hydrogens is 877 g/mol. The number of rotatable bonds is 16. The summed E-state index contributed by atoms with van der Waals surface area (Å²) in [4.78, 5) is 51.0. The Morgan fingerprint density at radius 3 is 2.15 bits per heavy atom. The highest BCUT2D eigenvalue weighted by Gasteiger charge is 2.45. The third kappa shape index (κ3) is 15.9. The topological polar surface area (TPSA) is 234 Å². The summed E-state index contributed by atoms with van der Waals surface area (Å²) in [6.45, 7) is 14.4. The smallest absolute Gasteiger partial charge is 0.344 e. The van der Waals surface area contributed by atoms with Gasteiger partial charge in [-0.15, -0.1) is 0 Å². The molecule has 2 amide bonds. The number of aliphatic hydroxyl groups is 1. The van der Waals surface area contributed by atoms with Crippen LogP contribution in [-0.4, -0.2) is 124 Å². The molecule has 19 nitrogen and oxygen atoms in total. The van der Waals surface area contributed by atoms with E-state index in [1.807, 2.05) is 52.0 Å². The molecule has 19 heteroatoms. The van der Waals surface area contributed by atoms with E-state index in [4.69, 9.17) is 52.1 Å². The number of amides is 2. The molecule has 8 atom stereocenters. The summed E-state index contributed by atoms with van der Waals surface area (Å²) in [5.41, 5.74) is 0.115. The van der Waals surface area contributed by atoms with E-state index < -0.39 is 59.9 Å². The van der Waals surface area contributed by atoms with Gasteiger partial charge in [-0.1, -0.05) is 38.2 Å². The summed E-state index contributed by atoms with van der Waals surface area (Å²) < 4.78 is 61.2. The third-order valence-electron chi connectivity index (χ3n) is 10.6. The number of hydrogen-bond donors (Lipinski definition) is 4. The van der Waals surface area contributed by atoms with Gasteiger partial charge < -0.3 is 73.0 Å². The summed E-state index contributed by atoms with van der Waals surface area (Å²) in [6.07, 6.45) is 6.19. The number of esters is 1. The molecule has 2 aromatic carbocycles. The van der Waals surface area contributed by atoms with Crippen molar-refractivity contribution in [3.63, 3.8) is 0 Å². The van der Waals surface area contributed by atoms with Gasteiger partial charge in [0.25, 0.3) is 0 Å². The highest BCUT2D eigenvalue weighted by Crippen LogP contribution is 2.39. The van der Waals surface area contributed by atoms with Crippen molar-refractivity contribution in [1.29, 1.82) is 0 Å². The maximum Gasteiger partial charge on any atom is 0.344 e. The van der Waals surface area contributed by atoms with Crippen molar-refractivity contribution in [1.82, 2.24) is 0 Å². The molecule has 0 spiro atoms. The highest BCUT2D eigenvalue weighted by atomic mass is 16.8. The number of fused-ring (bicyclic) bond motifs is 2. The number of aliphatic hydroxyl groups excluding tert-OH is 1. The lowest BCUT2D eigenvalue weighted by Gasteiger charge is -2.23. The van der Waals surface area contributed by atoms with Gasteiger partial charge in [0.05, 0.1) is 69.0 Å². The molecule has 3 aliphatic heterocycles. The van der Waals surface area contributed by atoms with Crippen LogP contribution in [0.15, 0.2) is 48.6 Å². The van der Waals surface area contributed by atoms with E-state index in [0.29, 0.717) is 24.3 Å². The number of carboxylic acid groups (broad SMARTS) is 1. The van der Waals surface area contributed by atoms with Crippen LogP contribution in [0.2, 0.25) is 0 Å². The summed E-state index contributed by atoms with van der Waals surface area (Å²) in [5.74, 6) is -3.58. The van der Waals surface area contributed by atoms with Crippen LogP contribution in [0.25, 0.3) is 0 Å². The molecule has 5 rings (SSSR count). The lowest BCUT2D eigenvalue weighted by Crippen LogP contribution is -2.32. The van der Waals surface area contributed by atoms with E-state index >= 15 is 0 Å². The first kappa shape index (κ1) is 54.3. The van der Waals surface area contributed by atoms with Crippen molar-refractivity contribution in [3.05, 3.63) is 59.7 Å². The molecule has 0 radical (unpaired) electrons. The maximum atomic E-state index is 13.1. The summed E-state index contributed by atoms with van der Waals surface area (Å²) in [5, 5.41) is 24.7. The molecule has 4 N–H and O–H groups in total. The first-order valence-corrected chi connectivity index (χ1v) is 22.0. The van der Waals surface area contributed by atoms with Crippen LogP contribution in [0, 0.1) is 11.8 Å². The van der Waals surface area contributed by atoms with Crippen molar-refractivity contribution in [3.8, 4) is 23.0 Å². The van der Waals surface area contributed by atoms with Crippen LogP contribution in [0.3, 0.4) is 0 Å². The van der Waals surface area contributed by atoms with Crippen molar-refractivity contribution >= 4 is 35.1 Å². The van der Waals surface area contributed by atoms with Gasteiger partial charge in [-0.2, -0.15) is 0 Å². The van der Waals surface area contributed by atoms with Crippen LogP contribution >= 0.6 is 0 Å². The lowest BCUT2D eigenvalue weighted by atomic mass is 9.96. The van der Waals surface area contributed by atoms with Gasteiger partial charge in [0.1, 0.15) is 40.2 Å². The Morgan fingerprint density at radius 2 is 1.52 bits per heavy atom. The van der Waals surface area contributed by atoms with Crippen molar-refractivity contribution in [2.24, 2.45) is 11.8 Å². The Labute approximate surface area is 392 Å². The lowest BCUT2D eigenvalue weighted by molar-refractivity contribution is -0.150. The Kier molecular flexibility index (Phi) is 20.0. The fraction of sp³-hybridized carbons (Fsp3) is 0.583. The van der Waals surface area contributed by atoms with E-state index in [9.17, 15) is 29.4 Å². The monoisotopic (exact) mass is 944 g/mol. The van der Waals surface area contributed by atoms with E-state index in [2.05, 4.69) is 10.6 Å². The first-order chi connectivity index (χ1) is 31.6. The molecule has 3 aliphatic rings. The Hall–Kier alpha value is -5.28. The number of cyclic esters (lactones) is 1. The quantitative estimate of drug-likeness (QED) is 0.0765. The van der Waals surface area contributed by atoms with Crippen molar-refractivity contribution in [2.75, 3.05) is 52.7 Å². The van der Waals surface area contributed by atoms with Gasteiger partial charge >= 0.3 is 11.9 Å². The van der Waals surface area contributed by atoms with E-state index in [-0.39, 0.29) is 84.3 Å². The SMILES string of the molecule is COCOc1cc(OC)cc(NC(=O)C[C@@H]2OC(C)(C)O[C@@H]2C(C)/C=C\C[C@@H](C)O)c1C(=O)O.COCOc1cc(OC)cc2c1C(=O)O[C@@H](C)C/C=C\C(C)[C@H]1OC(C)(C)O[C@H]1CC(=O)N2. The fourth-order valence-corrected chi connectivity index (χ4v) is 7.70. The molecule has 67 heavy (non-hydrogen) atoms. The number of nitrogens with one attached hydrogen (secondary N) is 2. The molecule has 3 heterocycles. The highest BCUT2D eigenvalue weighted by molar-refractivity contribution is 6.04. The molecule has 372 valence electrons. The van der Waals surface area contributed by atoms with Crippen molar-refractivity contribution < 1.29 is 81.5 Å². The molecule has 0 aliphatic carbocycles. The van der Waals surface area contributed by atoms with Gasteiger partial charge in [-0.25, -0.2) is 9.59 Å². The average molecular weight is 945 g/mol. The van der Waals surface area contributed by atoms with Gasteiger partial charge in [0.15, 0.2) is 25.2 Å². The Morgan fingerprint density at radius 1 is 0.896 bits per heavy atom. The van der Waals surface area contributed by atoms with Crippen LogP contribution in [0.1, 0.15) is 102 Å². The second-order valence-corrected chi connectivity index (χ2v) is 17.4. The number of ether oxygens (including phenoxy) is 11. The standard InChI is InChI=1S/C24H35NO9.C24H33NO8/c1-14(8-7-9-15(2)26)22-19(33-24(3,4)34-22)12-20(27)25-17-10-16(31-6)11-18(32-13-30-5)21(17)23(28)29;1-14-8-7-9-15(2)31-23(27)21-17(10-16(29-6)11-18(21)30-13-28-5)25-20(26)12-19-22(14)33-24(3,4)32-19/h7-8,10-11,14-15,19,22,26H,9,12-13H2,1-6H3,(H,25,27)(H,28,29);7-8,10-11,14-15,19,22H,9,12-13H2,1-6H3,(H,25,26)/b2*8-7-/t14?,15-,19+,22-;14?,15-,19-,22+/m10/s1. The maximum absolute atomic E-state index is 13.1. The number of hydrogen-bond acceptors (Lipinski definition) is 16. The average Bonchev–Trinajstić information content (AvgIpc) is 3.73. The predicted octanol–water partition coefficient (Wildman–Crippen LogP) is 6.86. The number of methoxy groups -OCH3 is 4. The van der Waals surface area contributed by atoms with Crippen LogP contribution in [0.4, 0.5) is 11.4 Å². The number of benzene rings is 2. The van der Waals surface area contributed by atoms with E-state index in [0.717, 1.165) is 0 Å². The minimum atomic E-state index is -1.28. The normalized spacial score (nSPS) is 24.9. The van der Waals surface area contributed by atoms with Crippen LogP contribution in [-0.2, 0) is 42.7 Å². The minimum Gasteiger partial charge on any atom is -0.497 e. The van der Waals surface area contributed by atoms with Crippen LogP contribution < -0.4 is 29.6 Å². The fourth-order valence-electron chi connectivity index (χ4n) is 7.70. The zero-order valence-corrected chi connectivity index (χ0v) is 40.5. The Bertz CT molecular complexity index is 2070. The zero-order valence-electron chi connectivity index (χ0n) is 40.5. The van der Waals surface area contributed by atoms with Gasteiger partial charge in [-0.3, -0.25) is 9.59 Å². The zero-order chi connectivity index (χ0) is 49.6. The number of aromatic carboxylic acids is 1. The van der Waals surface area contributed by atoms with E-state index in [1.165, 1.54) is 40.6 Å². The van der Waals surface area contributed by atoms with Crippen LogP contribution in [0.5, 0.6) is 23.0 Å². The third-order valence-corrected chi connectivity index (χ3v) is 10.6. The minimum absolute atomic E-state index is 0.000306. The van der Waals surface area contributed by atoms with Gasteiger partial charge in [0.2, 0.25) is 11.8 Å². The molecule has 0 saturated carbocycles. The number of carbonyl (C=O) groups is 4. The number of anilines is 2. The largest absolute Gasteiger partial charge is 0.497 e. The summed E-state index contributed by atoms with van der Waals surface area (Å²) >= 11 is 0. The molecule has 0 bridgehead atoms. The molecule has 2 aromatic rings. The summed E-state index contributed by atoms with van der Waals surface area (Å²) in [6, 6.07) is 5.93. The molecular formula is C48H68N2O17. The summed E-state index contributed by atoms with van der Waals surface area (Å²) in [7, 11) is 5.78. The number of carboxylic acids is 1.